The molecule has 0 aromatic heterocycles. The van der Waals surface area contributed by atoms with Crippen LogP contribution in [0.2, 0.25) is 0 Å². The Morgan fingerprint density at radius 3 is 2.02 bits per heavy atom. The number of quaternary nitrogens is 1. The van der Waals surface area contributed by atoms with E-state index in [1.165, 1.54) is 29.5 Å². The van der Waals surface area contributed by atoms with Gasteiger partial charge in [-0.3, -0.25) is 4.90 Å². The Bertz CT molecular complexity index is 1790. The van der Waals surface area contributed by atoms with Crippen LogP contribution in [0, 0.1) is 0 Å². The molecule has 0 amide bonds. The summed E-state index contributed by atoms with van der Waals surface area (Å²) in [5.74, 6) is 3.23. The largest absolute Gasteiger partial charge is 0.493 e. The zero-order valence-electron chi connectivity index (χ0n) is 34.8. The Balaban J connectivity index is 0.00000180. The normalized spacial score (nSPS) is 16.2. The van der Waals surface area contributed by atoms with Gasteiger partial charge in [0.1, 0.15) is 6.54 Å². The SMILES string of the molecule is CO.CO.COc1ccc(C[C@@H]2c3cc(OC)c(OC)cc3CCN2CCCOC(=O)/C=C\C(=O)OCCC[N+]2(Cc3ccc4c(c3)OCO4)CCCC2)cc1OC. The van der Waals surface area contributed by atoms with Crippen molar-refractivity contribution >= 4 is 11.9 Å². The highest BCUT2D eigenvalue weighted by Gasteiger charge is 2.33. The van der Waals surface area contributed by atoms with E-state index in [1.807, 2.05) is 18.2 Å². The van der Waals surface area contributed by atoms with Crippen LogP contribution in [0.4, 0.5) is 0 Å². The summed E-state index contributed by atoms with van der Waals surface area (Å²) in [6, 6.07) is 16.3. The maximum Gasteiger partial charge on any atom is 0.331 e. The van der Waals surface area contributed by atoms with E-state index in [-0.39, 0.29) is 19.4 Å². The number of carbonyl (C=O) groups excluding carboxylic acids is 2. The number of ether oxygens (including phenoxy) is 8. The fraction of sp³-hybridized carbons (Fsp3) is 0.500. The topological polar surface area (TPSA) is 152 Å². The van der Waals surface area contributed by atoms with Gasteiger partial charge in [-0.25, -0.2) is 9.59 Å². The fourth-order valence-electron chi connectivity index (χ4n) is 7.96. The first kappa shape index (κ1) is 45.7. The summed E-state index contributed by atoms with van der Waals surface area (Å²) in [5.41, 5.74) is 4.72. The van der Waals surface area contributed by atoms with Crippen molar-refractivity contribution < 1.29 is 62.2 Å². The number of carbonyl (C=O) groups is 2. The number of esters is 2. The molecule has 0 unspecified atom stereocenters. The molecule has 3 heterocycles. The van der Waals surface area contributed by atoms with Gasteiger partial charge < -0.3 is 52.6 Å². The van der Waals surface area contributed by atoms with E-state index >= 15 is 0 Å². The van der Waals surface area contributed by atoms with Gasteiger partial charge in [-0.15, -0.1) is 0 Å². The highest BCUT2D eigenvalue weighted by atomic mass is 16.7. The number of likely N-dealkylation sites (tertiary alicyclic amines) is 1. The third-order valence-corrected chi connectivity index (χ3v) is 10.7. The second-order valence-corrected chi connectivity index (χ2v) is 14.0. The van der Waals surface area contributed by atoms with Crippen molar-refractivity contribution in [2.75, 3.05) is 95.4 Å². The van der Waals surface area contributed by atoms with Gasteiger partial charge in [0.25, 0.3) is 0 Å². The van der Waals surface area contributed by atoms with Crippen molar-refractivity contribution in [1.82, 2.24) is 4.90 Å². The summed E-state index contributed by atoms with van der Waals surface area (Å²) in [5, 5.41) is 14.0. The molecule has 0 bridgehead atoms. The molecule has 3 aromatic rings. The van der Waals surface area contributed by atoms with E-state index in [0.29, 0.717) is 42.6 Å². The lowest BCUT2D eigenvalue weighted by Crippen LogP contribution is -2.45. The monoisotopic (exact) mass is 809 g/mol. The molecule has 0 radical (unpaired) electrons. The Hall–Kier alpha value is -5.02. The molecule has 0 aliphatic carbocycles. The molecular formula is C44H61N2O12+. The van der Waals surface area contributed by atoms with Gasteiger partial charge in [0.15, 0.2) is 34.5 Å². The van der Waals surface area contributed by atoms with Gasteiger partial charge >= 0.3 is 11.9 Å². The Kier molecular flexibility index (Phi) is 18.4. The van der Waals surface area contributed by atoms with Gasteiger partial charge in [-0.1, -0.05) is 6.07 Å². The van der Waals surface area contributed by atoms with Gasteiger partial charge in [-0.05, 0) is 78.4 Å². The predicted molar refractivity (Wildman–Crippen MR) is 218 cm³/mol. The summed E-state index contributed by atoms with van der Waals surface area (Å²) in [6.45, 7) is 6.34. The van der Waals surface area contributed by atoms with Crippen LogP contribution in [0.5, 0.6) is 34.5 Å². The van der Waals surface area contributed by atoms with E-state index in [9.17, 15) is 9.59 Å². The number of rotatable bonds is 18. The molecule has 0 spiro atoms. The lowest BCUT2D eigenvalue weighted by molar-refractivity contribution is -0.929. The molecule has 14 nitrogen and oxygen atoms in total. The van der Waals surface area contributed by atoms with E-state index in [1.54, 1.807) is 28.4 Å². The number of aliphatic hydroxyl groups is 2. The number of hydrogen-bond acceptors (Lipinski definition) is 13. The molecule has 318 valence electrons. The number of hydrogen-bond donors (Lipinski definition) is 2. The molecule has 58 heavy (non-hydrogen) atoms. The highest BCUT2D eigenvalue weighted by Crippen LogP contribution is 2.40. The van der Waals surface area contributed by atoms with Crippen molar-refractivity contribution in [2.45, 2.75) is 51.1 Å². The molecule has 1 fully saturated rings. The first-order valence-electron chi connectivity index (χ1n) is 19.7. The molecule has 0 saturated carbocycles. The summed E-state index contributed by atoms with van der Waals surface area (Å²) >= 11 is 0. The van der Waals surface area contributed by atoms with Gasteiger partial charge in [-0.2, -0.15) is 0 Å². The molecule has 1 saturated heterocycles. The second-order valence-electron chi connectivity index (χ2n) is 14.0. The van der Waals surface area contributed by atoms with Crippen molar-refractivity contribution in [3.63, 3.8) is 0 Å². The highest BCUT2D eigenvalue weighted by molar-refractivity contribution is 5.91. The minimum Gasteiger partial charge on any atom is -0.493 e. The second kappa shape index (κ2) is 23.4. The van der Waals surface area contributed by atoms with Crippen molar-refractivity contribution in [2.24, 2.45) is 0 Å². The Morgan fingerprint density at radius 1 is 0.741 bits per heavy atom. The number of aliphatic hydroxyl groups excluding tert-OH is 2. The predicted octanol–water partition coefficient (Wildman–Crippen LogP) is 5.04. The molecule has 2 N–H and O–H groups in total. The molecule has 6 rings (SSSR count). The van der Waals surface area contributed by atoms with E-state index in [0.717, 1.165) is 99.9 Å². The number of nitrogens with zero attached hydrogens (tertiary/aromatic N) is 2. The zero-order valence-corrected chi connectivity index (χ0v) is 34.8. The smallest absolute Gasteiger partial charge is 0.331 e. The van der Waals surface area contributed by atoms with Gasteiger partial charge in [0.05, 0.1) is 61.3 Å². The van der Waals surface area contributed by atoms with Crippen LogP contribution < -0.4 is 28.4 Å². The fourth-order valence-corrected chi connectivity index (χ4v) is 7.96. The third kappa shape index (κ3) is 12.2. The van der Waals surface area contributed by atoms with Gasteiger partial charge in [0.2, 0.25) is 6.79 Å². The van der Waals surface area contributed by atoms with Crippen LogP contribution in [0.1, 0.15) is 54.0 Å². The molecule has 3 aliphatic heterocycles. The standard InChI is InChI=1S/C42H53N2O10.2CH4O/c1-47-35-11-9-30(24-37(35)48-2)23-34-33-27-39(50-4)38(49-3)26-32(33)15-17-43(34)16-7-21-51-41(45)13-14-42(46)52-22-8-20-44(18-5-6-19-44)28-31-10-12-36-40(25-31)54-29-53-36;2*1-2/h9-14,24-27,34H,5-8,15-23,28-29H2,1-4H3;2*2H,1H3/q+1;;/b14-13-;;/t34-;;/m1../s1. The van der Waals surface area contributed by atoms with Crippen LogP contribution in [0.3, 0.4) is 0 Å². The quantitative estimate of drug-likeness (QED) is 0.0765. The Labute approximate surface area is 342 Å². The minimum atomic E-state index is -0.569. The minimum absolute atomic E-state index is 0.0445. The molecule has 14 heteroatoms. The van der Waals surface area contributed by atoms with E-state index < -0.39 is 11.9 Å². The van der Waals surface area contributed by atoms with Crippen LogP contribution in [-0.4, -0.2) is 127 Å². The summed E-state index contributed by atoms with van der Waals surface area (Å²) in [7, 11) is 8.56. The number of fused-ring (bicyclic) bond motifs is 2. The maximum absolute atomic E-state index is 12.5. The molecule has 1 atom stereocenters. The van der Waals surface area contributed by atoms with Crippen LogP contribution in [0.15, 0.2) is 60.7 Å². The summed E-state index contributed by atoms with van der Waals surface area (Å²) in [6.07, 6.45) is 7.61. The van der Waals surface area contributed by atoms with Crippen LogP contribution >= 0.6 is 0 Å². The zero-order chi connectivity index (χ0) is 41.9. The molecule has 3 aromatic carbocycles. The number of methoxy groups -OCH3 is 4. The van der Waals surface area contributed by atoms with Crippen LogP contribution in [-0.2, 0) is 38.4 Å². The maximum atomic E-state index is 12.5. The van der Waals surface area contributed by atoms with Gasteiger partial charge in [0, 0.05) is 70.3 Å². The van der Waals surface area contributed by atoms with Crippen molar-refractivity contribution in [1.29, 1.82) is 0 Å². The number of benzene rings is 3. The lowest BCUT2D eigenvalue weighted by atomic mass is 9.88. The summed E-state index contributed by atoms with van der Waals surface area (Å²) in [4.78, 5) is 27.3. The molecular weight excluding hydrogens is 748 g/mol. The van der Waals surface area contributed by atoms with E-state index in [4.69, 9.17) is 48.1 Å². The first-order valence-corrected chi connectivity index (χ1v) is 19.7. The third-order valence-electron chi connectivity index (χ3n) is 10.7. The van der Waals surface area contributed by atoms with E-state index in [2.05, 4.69) is 35.2 Å². The average molecular weight is 810 g/mol. The van der Waals surface area contributed by atoms with Crippen molar-refractivity contribution in [3.05, 3.63) is 82.9 Å². The molecule has 3 aliphatic rings. The summed E-state index contributed by atoms with van der Waals surface area (Å²) < 4.78 is 45.2. The first-order chi connectivity index (χ1) is 28.3. The van der Waals surface area contributed by atoms with Crippen molar-refractivity contribution in [3.8, 4) is 34.5 Å². The Morgan fingerprint density at radius 2 is 1.34 bits per heavy atom. The lowest BCUT2D eigenvalue weighted by Gasteiger charge is -2.38. The van der Waals surface area contributed by atoms with Crippen LogP contribution in [0.25, 0.3) is 0 Å². The average Bonchev–Trinajstić information content (AvgIpc) is 3.94.